The molecule has 0 aliphatic carbocycles. The molecule has 10 nitrogen and oxygen atoms in total. The molecule has 0 radical (unpaired) electrons. The standard InChI is InChI=1S/C24H26ClFN4O6/c1-24(2,3)18-11-30(23(32)33)10-15(20(35-18)13-4-6-16(25)17(26)8-13)12-34-19-7-5-14(9-27-19)21-28-22(31)36-29-21/h4-9,15,18,20H,10-12H2,1-3H3,(H,32,33)(H,28,29,31)/t15-,18?,20-/m0/s1. The highest BCUT2D eigenvalue weighted by Gasteiger charge is 2.40. The van der Waals surface area contributed by atoms with Gasteiger partial charge in [0.15, 0.2) is 5.82 Å². The van der Waals surface area contributed by atoms with Crippen LogP contribution in [0.5, 0.6) is 5.88 Å². The quantitative estimate of drug-likeness (QED) is 0.507. The minimum Gasteiger partial charge on any atom is -0.477 e. The van der Waals surface area contributed by atoms with Gasteiger partial charge in [0.1, 0.15) is 5.82 Å². The number of halogens is 2. The van der Waals surface area contributed by atoms with Gasteiger partial charge in [-0.3, -0.25) is 9.51 Å². The highest BCUT2D eigenvalue weighted by atomic mass is 35.5. The first-order valence-corrected chi connectivity index (χ1v) is 11.6. The molecular formula is C24H26ClFN4O6. The summed E-state index contributed by atoms with van der Waals surface area (Å²) in [5.74, 6) is -1.26. The molecular weight excluding hydrogens is 495 g/mol. The third-order valence-electron chi connectivity index (χ3n) is 5.98. The number of nitrogens with one attached hydrogen (secondary N) is 1. The summed E-state index contributed by atoms with van der Waals surface area (Å²) in [6, 6.07) is 7.66. The maximum absolute atomic E-state index is 14.4. The fourth-order valence-electron chi connectivity index (χ4n) is 3.95. The maximum Gasteiger partial charge on any atom is 0.439 e. The van der Waals surface area contributed by atoms with Crippen LogP contribution in [0.15, 0.2) is 45.8 Å². The van der Waals surface area contributed by atoms with E-state index in [1.54, 1.807) is 18.2 Å². The average Bonchev–Trinajstić information content (AvgIpc) is 3.15. The molecule has 2 aromatic heterocycles. The van der Waals surface area contributed by atoms with Gasteiger partial charge < -0.3 is 19.5 Å². The molecule has 0 spiro atoms. The van der Waals surface area contributed by atoms with Crippen molar-refractivity contribution in [3.05, 3.63) is 63.5 Å². The lowest BCUT2D eigenvalue weighted by molar-refractivity contribution is -0.0817. The Hall–Kier alpha value is -3.44. The smallest absolute Gasteiger partial charge is 0.439 e. The summed E-state index contributed by atoms with van der Waals surface area (Å²) in [7, 11) is 0. The number of hydrogen-bond donors (Lipinski definition) is 2. The number of carboxylic acid groups (broad SMARTS) is 1. The molecule has 0 saturated carbocycles. The van der Waals surface area contributed by atoms with Crippen LogP contribution < -0.4 is 10.5 Å². The van der Waals surface area contributed by atoms with E-state index in [1.165, 1.54) is 23.2 Å². The van der Waals surface area contributed by atoms with Gasteiger partial charge in [-0.05, 0) is 29.2 Å². The van der Waals surface area contributed by atoms with E-state index in [2.05, 4.69) is 19.6 Å². The van der Waals surface area contributed by atoms with Crippen LogP contribution in [-0.2, 0) is 4.74 Å². The number of nitrogens with zero attached hydrogens (tertiary/aromatic N) is 3. The van der Waals surface area contributed by atoms with Crippen molar-refractivity contribution in [1.82, 2.24) is 20.0 Å². The minimum atomic E-state index is -1.08. The topological polar surface area (TPSA) is 131 Å². The monoisotopic (exact) mass is 520 g/mol. The van der Waals surface area contributed by atoms with E-state index in [-0.39, 0.29) is 41.8 Å². The van der Waals surface area contributed by atoms with Crippen molar-refractivity contribution < 1.29 is 28.3 Å². The number of amides is 1. The van der Waals surface area contributed by atoms with Crippen LogP contribution >= 0.6 is 11.6 Å². The van der Waals surface area contributed by atoms with Crippen molar-refractivity contribution >= 4 is 17.7 Å². The zero-order valence-corrected chi connectivity index (χ0v) is 20.7. The maximum atomic E-state index is 14.4. The Morgan fingerprint density at radius 1 is 1.31 bits per heavy atom. The molecule has 36 heavy (non-hydrogen) atoms. The summed E-state index contributed by atoms with van der Waals surface area (Å²) in [5, 5.41) is 13.4. The van der Waals surface area contributed by atoms with Crippen LogP contribution in [0, 0.1) is 17.2 Å². The number of rotatable bonds is 5. The van der Waals surface area contributed by atoms with E-state index in [1.807, 2.05) is 20.8 Å². The van der Waals surface area contributed by atoms with Crippen molar-refractivity contribution in [1.29, 1.82) is 0 Å². The second-order valence-electron chi connectivity index (χ2n) is 9.67. The largest absolute Gasteiger partial charge is 0.477 e. The fraction of sp³-hybridized carbons (Fsp3) is 0.417. The molecule has 0 bridgehead atoms. The number of aromatic nitrogens is 3. The average molecular weight is 521 g/mol. The molecule has 1 amide bonds. The fourth-order valence-corrected chi connectivity index (χ4v) is 4.07. The minimum absolute atomic E-state index is 0.0162. The van der Waals surface area contributed by atoms with Gasteiger partial charge in [0.05, 0.1) is 30.4 Å². The lowest BCUT2D eigenvalue weighted by Gasteiger charge is -2.34. The summed E-state index contributed by atoms with van der Waals surface area (Å²) in [4.78, 5) is 31.1. The van der Waals surface area contributed by atoms with Crippen molar-refractivity contribution in [3.8, 4) is 17.3 Å². The zero-order chi connectivity index (χ0) is 26.0. The summed E-state index contributed by atoms with van der Waals surface area (Å²) >= 11 is 5.89. The number of pyridine rings is 1. The van der Waals surface area contributed by atoms with Gasteiger partial charge in [0, 0.05) is 30.3 Å². The van der Waals surface area contributed by atoms with Crippen molar-refractivity contribution in [2.45, 2.75) is 33.0 Å². The van der Waals surface area contributed by atoms with Crippen LogP contribution in [0.25, 0.3) is 11.4 Å². The molecule has 2 N–H and O–H groups in total. The Labute approximate surface area is 211 Å². The number of ether oxygens (including phenoxy) is 2. The number of H-pyrrole nitrogens is 1. The SMILES string of the molecule is CC(C)(C)C1CN(C(=O)O)C[C@@H](COc2ccc(-c3noc(=O)[nH]3)cn2)[C@H](c2ccc(Cl)c(F)c2)O1. The number of hydrogen-bond acceptors (Lipinski definition) is 7. The number of benzene rings is 1. The first-order chi connectivity index (χ1) is 17.0. The third kappa shape index (κ3) is 5.85. The summed E-state index contributed by atoms with van der Waals surface area (Å²) in [6.07, 6.45) is -0.739. The van der Waals surface area contributed by atoms with E-state index >= 15 is 0 Å². The third-order valence-corrected chi connectivity index (χ3v) is 6.29. The van der Waals surface area contributed by atoms with E-state index in [0.29, 0.717) is 11.1 Å². The molecule has 1 aliphatic heterocycles. The second kappa shape index (κ2) is 10.3. The van der Waals surface area contributed by atoms with Crippen LogP contribution in [0.4, 0.5) is 9.18 Å². The molecule has 12 heteroatoms. The van der Waals surface area contributed by atoms with Gasteiger partial charge in [0.2, 0.25) is 5.88 Å². The molecule has 3 atom stereocenters. The molecule has 192 valence electrons. The van der Waals surface area contributed by atoms with Gasteiger partial charge >= 0.3 is 11.8 Å². The van der Waals surface area contributed by atoms with Crippen molar-refractivity contribution in [3.63, 3.8) is 0 Å². The first kappa shape index (κ1) is 25.6. The lowest BCUT2D eigenvalue weighted by atomic mass is 9.88. The summed E-state index contributed by atoms with van der Waals surface area (Å²) in [6.45, 7) is 6.19. The highest BCUT2D eigenvalue weighted by Crippen LogP contribution is 2.38. The van der Waals surface area contributed by atoms with Gasteiger partial charge in [-0.15, -0.1) is 0 Å². The highest BCUT2D eigenvalue weighted by molar-refractivity contribution is 6.30. The van der Waals surface area contributed by atoms with Crippen LogP contribution in [-0.4, -0.2) is 57.0 Å². The second-order valence-corrected chi connectivity index (χ2v) is 10.1. The molecule has 1 fully saturated rings. The van der Waals surface area contributed by atoms with Gasteiger partial charge in [-0.25, -0.2) is 19.0 Å². The molecule has 1 aromatic carbocycles. The number of carbonyl (C=O) groups is 1. The van der Waals surface area contributed by atoms with E-state index in [0.717, 1.165) is 0 Å². The van der Waals surface area contributed by atoms with Crippen LogP contribution in [0.1, 0.15) is 32.4 Å². The first-order valence-electron chi connectivity index (χ1n) is 11.2. The Balaban J connectivity index is 1.60. The molecule has 1 saturated heterocycles. The zero-order valence-electron chi connectivity index (χ0n) is 19.9. The van der Waals surface area contributed by atoms with Crippen LogP contribution in [0.3, 0.4) is 0 Å². The van der Waals surface area contributed by atoms with Gasteiger partial charge in [-0.1, -0.05) is 43.6 Å². The summed E-state index contributed by atoms with van der Waals surface area (Å²) < 4.78 is 31.2. The van der Waals surface area contributed by atoms with Crippen LogP contribution in [0.2, 0.25) is 5.02 Å². The molecule has 1 unspecified atom stereocenters. The normalized spacial score (nSPS) is 20.7. The van der Waals surface area contributed by atoms with Crippen molar-refractivity contribution in [2.75, 3.05) is 19.7 Å². The Morgan fingerprint density at radius 3 is 2.67 bits per heavy atom. The van der Waals surface area contributed by atoms with Gasteiger partial charge in [-0.2, -0.15) is 0 Å². The molecule has 3 heterocycles. The summed E-state index contributed by atoms with van der Waals surface area (Å²) in [5.41, 5.74) is 0.669. The Kier molecular flexibility index (Phi) is 7.32. The molecule has 4 rings (SSSR count). The molecule has 3 aromatic rings. The Morgan fingerprint density at radius 2 is 2.08 bits per heavy atom. The van der Waals surface area contributed by atoms with E-state index in [4.69, 9.17) is 21.1 Å². The molecule has 1 aliphatic rings. The van der Waals surface area contributed by atoms with Crippen molar-refractivity contribution in [2.24, 2.45) is 11.3 Å². The lowest BCUT2D eigenvalue weighted by Crippen LogP contribution is -2.42. The van der Waals surface area contributed by atoms with E-state index in [9.17, 15) is 19.1 Å². The number of aromatic amines is 1. The Bertz CT molecular complexity index is 1270. The van der Waals surface area contributed by atoms with E-state index < -0.39 is 35.8 Å². The predicted molar refractivity (Wildman–Crippen MR) is 127 cm³/mol. The van der Waals surface area contributed by atoms with Gasteiger partial charge in [0.25, 0.3) is 0 Å². The predicted octanol–water partition coefficient (Wildman–Crippen LogP) is 4.38.